The number of hydrogen-bond acceptors (Lipinski definition) is 3. The Balaban J connectivity index is 2.34. The van der Waals surface area contributed by atoms with Crippen molar-refractivity contribution in [1.29, 1.82) is 0 Å². The molecule has 2 aromatic rings. The van der Waals surface area contributed by atoms with Crippen molar-refractivity contribution in [1.82, 2.24) is 14.5 Å². The predicted molar refractivity (Wildman–Crippen MR) is 79.9 cm³/mol. The molecule has 2 aromatic heterocycles. The van der Waals surface area contributed by atoms with Gasteiger partial charge in [0.25, 0.3) is 0 Å². The number of alkyl halides is 1. The van der Waals surface area contributed by atoms with Gasteiger partial charge in [0.15, 0.2) is 0 Å². The summed E-state index contributed by atoms with van der Waals surface area (Å²) in [7, 11) is -0.802. The first-order chi connectivity index (χ1) is 9.00. The molecular weight excluding hydrogens is 282 g/mol. The first kappa shape index (κ1) is 14.5. The highest BCUT2D eigenvalue weighted by atomic mass is 35.5. The van der Waals surface area contributed by atoms with Crippen molar-refractivity contribution in [2.24, 2.45) is 0 Å². The Morgan fingerprint density at radius 3 is 2.84 bits per heavy atom. The van der Waals surface area contributed by atoms with Gasteiger partial charge < -0.3 is 4.57 Å². The van der Waals surface area contributed by atoms with E-state index >= 15 is 0 Å². The summed E-state index contributed by atoms with van der Waals surface area (Å²) < 4.78 is 13.5. The summed E-state index contributed by atoms with van der Waals surface area (Å²) in [6.45, 7) is 4.68. The molecule has 0 aromatic carbocycles. The molecule has 3 atom stereocenters. The highest BCUT2D eigenvalue weighted by Crippen LogP contribution is 2.24. The standard InChI is InChI=1S/C13H18ClN3OS/c1-9(19(3)18)5-7-17-12-4-6-15-8-11(12)16-13(17)10(2)14/h4,6,8-10H,5,7H2,1-3H3. The summed E-state index contributed by atoms with van der Waals surface area (Å²) in [5.74, 6) is 0.846. The molecule has 0 fully saturated rings. The van der Waals surface area contributed by atoms with Gasteiger partial charge in [0.2, 0.25) is 0 Å². The molecule has 6 heteroatoms. The number of aromatic nitrogens is 3. The first-order valence-electron chi connectivity index (χ1n) is 6.27. The molecule has 0 radical (unpaired) electrons. The van der Waals surface area contributed by atoms with Crippen LogP contribution in [0.5, 0.6) is 0 Å². The molecule has 4 nitrogen and oxygen atoms in total. The van der Waals surface area contributed by atoms with Gasteiger partial charge in [-0.1, -0.05) is 6.92 Å². The van der Waals surface area contributed by atoms with Crippen LogP contribution in [-0.2, 0) is 17.3 Å². The van der Waals surface area contributed by atoms with Gasteiger partial charge in [-0.3, -0.25) is 9.19 Å². The van der Waals surface area contributed by atoms with E-state index in [0.717, 1.165) is 29.8 Å². The van der Waals surface area contributed by atoms with Crippen LogP contribution in [0.15, 0.2) is 18.5 Å². The molecule has 3 unspecified atom stereocenters. The van der Waals surface area contributed by atoms with Crippen LogP contribution in [0, 0.1) is 0 Å². The average Bonchev–Trinajstić information content (AvgIpc) is 2.74. The fourth-order valence-electron chi connectivity index (χ4n) is 2.02. The summed E-state index contributed by atoms with van der Waals surface area (Å²) in [4.78, 5) is 8.61. The number of aryl methyl sites for hydroxylation is 1. The van der Waals surface area contributed by atoms with E-state index in [0.29, 0.717) is 0 Å². The summed E-state index contributed by atoms with van der Waals surface area (Å²) in [5.41, 5.74) is 1.89. The van der Waals surface area contributed by atoms with Crippen LogP contribution < -0.4 is 0 Å². The second-order valence-corrected chi connectivity index (χ2v) is 7.16. The molecule has 0 aliphatic heterocycles. The highest BCUT2D eigenvalue weighted by molar-refractivity contribution is 7.84. The van der Waals surface area contributed by atoms with Gasteiger partial charge in [0.05, 0.1) is 17.1 Å². The second-order valence-electron chi connectivity index (χ2n) is 4.70. The molecule has 0 saturated heterocycles. The third kappa shape index (κ3) is 3.15. The number of nitrogens with zero attached hydrogens (tertiary/aromatic N) is 3. The van der Waals surface area contributed by atoms with E-state index in [2.05, 4.69) is 14.5 Å². The van der Waals surface area contributed by atoms with Crippen molar-refractivity contribution in [3.8, 4) is 0 Å². The smallest absolute Gasteiger partial charge is 0.127 e. The Morgan fingerprint density at radius 1 is 1.47 bits per heavy atom. The lowest BCUT2D eigenvalue weighted by atomic mass is 10.3. The maximum atomic E-state index is 11.4. The number of imidazole rings is 1. The molecule has 19 heavy (non-hydrogen) atoms. The van der Waals surface area contributed by atoms with E-state index in [9.17, 15) is 4.21 Å². The minimum Gasteiger partial charge on any atom is -0.327 e. The normalized spacial score (nSPS) is 16.4. The number of pyridine rings is 1. The molecule has 0 aliphatic rings. The molecule has 0 bridgehead atoms. The third-order valence-electron chi connectivity index (χ3n) is 3.26. The van der Waals surface area contributed by atoms with E-state index in [1.54, 1.807) is 18.6 Å². The summed E-state index contributed by atoms with van der Waals surface area (Å²) in [6.07, 6.45) is 6.08. The minimum absolute atomic E-state index is 0.158. The fourth-order valence-corrected chi connectivity index (χ4v) is 2.62. The molecular formula is C13H18ClN3OS. The maximum absolute atomic E-state index is 11.4. The zero-order valence-corrected chi connectivity index (χ0v) is 12.9. The monoisotopic (exact) mass is 299 g/mol. The Bertz CT molecular complexity index is 597. The second kappa shape index (κ2) is 6.01. The lowest BCUT2D eigenvalue weighted by molar-refractivity contribution is 0.608. The van der Waals surface area contributed by atoms with Crippen molar-refractivity contribution < 1.29 is 4.21 Å². The van der Waals surface area contributed by atoms with E-state index < -0.39 is 10.8 Å². The van der Waals surface area contributed by atoms with E-state index in [1.807, 2.05) is 19.9 Å². The molecule has 2 heterocycles. The van der Waals surface area contributed by atoms with Crippen LogP contribution >= 0.6 is 11.6 Å². The Morgan fingerprint density at radius 2 is 2.21 bits per heavy atom. The Labute approximate surface area is 120 Å². The molecule has 0 spiro atoms. The van der Waals surface area contributed by atoms with Crippen molar-refractivity contribution in [3.63, 3.8) is 0 Å². The van der Waals surface area contributed by atoms with Crippen LogP contribution in [-0.4, -0.2) is 30.2 Å². The average molecular weight is 300 g/mol. The Hall–Kier alpha value is -0.940. The fraction of sp³-hybridized carbons (Fsp3) is 0.538. The molecule has 0 amide bonds. The molecule has 2 rings (SSSR count). The van der Waals surface area contributed by atoms with Crippen LogP contribution in [0.3, 0.4) is 0 Å². The lowest BCUT2D eigenvalue weighted by Crippen LogP contribution is -2.14. The van der Waals surface area contributed by atoms with Crippen LogP contribution in [0.4, 0.5) is 0 Å². The van der Waals surface area contributed by atoms with Gasteiger partial charge in [-0.15, -0.1) is 11.6 Å². The topological polar surface area (TPSA) is 47.8 Å². The van der Waals surface area contributed by atoms with Gasteiger partial charge in [0, 0.05) is 35.0 Å². The van der Waals surface area contributed by atoms with Gasteiger partial charge >= 0.3 is 0 Å². The summed E-state index contributed by atoms with van der Waals surface area (Å²) in [6, 6.07) is 1.94. The van der Waals surface area contributed by atoms with Crippen LogP contribution in [0.25, 0.3) is 11.0 Å². The van der Waals surface area contributed by atoms with Crippen molar-refractivity contribution >= 4 is 33.4 Å². The minimum atomic E-state index is -0.802. The molecule has 104 valence electrons. The van der Waals surface area contributed by atoms with E-state index in [-0.39, 0.29) is 10.6 Å². The molecule has 0 saturated carbocycles. The van der Waals surface area contributed by atoms with Gasteiger partial charge in [0.1, 0.15) is 11.3 Å². The molecule has 0 aliphatic carbocycles. The zero-order valence-electron chi connectivity index (χ0n) is 11.3. The zero-order chi connectivity index (χ0) is 14.0. The number of rotatable bonds is 5. The number of halogens is 1. The van der Waals surface area contributed by atoms with Crippen molar-refractivity contribution in [3.05, 3.63) is 24.3 Å². The largest absolute Gasteiger partial charge is 0.327 e. The van der Waals surface area contributed by atoms with Crippen molar-refractivity contribution in [2.75, 3.05) is 6.26 Å². The SMILES string of the molecule is CC(Cl)c1nc2cnccc2n1CCC(C)S(C)=O. The van der Waals surface area contributed by atoms with Crippen LogP contribution in [0.1, 0.15) is 31.5 Å². The summed E-state index contributed by atoms with van der Waals surface area (Å²) in [5, 5.41) is 0.00704. The summed E-state index contributed by atoms with van der Waals surface area (Å²) >= 11 is 6.19. The number of hydrogen-bond donors (Lipinski definition) is 0. The van der Waals surface area contributed by atoms with Gasteiger partial charge in [-0.25, -0.2) is 4.98 Å². The van der Waals surface area contributed by atoms with Gasteiger partial charge in [-0.05, 0) is 19.4 Å². The van der Waals surface area contributed by atoms with Gasteiger partial charge in [-0.2, -0.15) is 0 Å². The maximum Gasteiger partial charge on any atom is 0.127 e. The van der Waals surface area contributed by atoms with E-state index in [4.69, 9.17) is 11.6 Å². The molecule has 0 N–H and O–H groups in total. The van der Waals surface area contributed by atoms with Crippen LogP contribution in [0.2, 0.25) is 0 Å². The highest BCUT2D eigenvalue weighted by Gasteiger charge is 2.16. The number of fused-ring (bicyclic) bond motifs is 1. The third-order valence-corrected chi connectivity index (χ3v) is 4.83. The Kier molecular flexibility index (Phi) is 4.58. The predicted octanol–water partition coefficient (Wildman–Crippen LogP) is 2.89. The lowest BCUT2D eigenvalue weighted by Gasteiger charge is -2.13. The van der Waals surface area contributed by atoms with Crippen molar-refractivity contribution in [2.45, 2.75) is 37.4 Å². The van der Waals surface area contributed by atoms with E-state index in [1.165, 1.54) is 0 Å². The quantitative estimate of drug-likeness (QED) is 0.798. The first-order valence-corrected chi connectivity index (χ1v) is 8.33.